The molecule has 0 aromatic heterocycles. The number of benzene rings is 1. The van der Waals surface area contributed by atoms with Gasteiger partial charge in [-0.25, -0.2) is 0 Å². The van der Waals surface area contributed by atoms with Gasteiger partial charge in [0, 0.05) is 17.4 Å². The van der Waals surface area contributed by atoms with E-state index in [4.69, 9.17) is 4.74 Å². The molecular weight excluding hydrogens is 278 g/mol. The zero-order chi connectivity index (χ0) is 16.5. The van der Waals surface area contributed by atoms with E-state index in [1.165, 1.54) is 0 Å². The van der Waals surface area contributed by atoms with Crippen LogP contribution < -0.4 is 10.1 Å². The monoisotopic (exact) mass is 305 g/mol. The van der Waals surface area contributed by atoms with Gasteiger partial charge in [0.2, 0.25) is 5.91 Å². The number of nitrogens with one attached hydrogen (secondary N) is 1. The highest BCUT2D eigenvalue weighted by molar-refractivity contribution is 5.82. The fourth-order valence-corrected chi connectivity index (χ4v) is 2.64. The maximum absolute atomic E-state index is 12.3. The summed E-state index contributed by atoms with van der Waals surface area (Å²) in [4.78, 5) is 12.3. The molecule has 0 spiro atoms. The average molecular weight is 305 g/mol. The van der Waals surface area contributed by atoms with E-state index in [-0.39, 0.29) is 11.9 Å². The maximum Gasteiger partial charge on any atom is 0.225 e. The van der Waals surface area contributed by atoms with Gasteiger partial charge in [0.15, 0.2) is 0 Å². The summed E-state index contributed by atoms with van der Waals surface area (Å²) in [5.74, 6) is 0.906. The molecule has 0 saturated heterocycles. The molecule has 0 aliphatic carbocycles. The Balaban J connectivity index is 2.40. The molecule has 1 heterocycles. The molecule has 1 aromatic carbocycles. The third kappa shape index (κ3) is 3.43. The lowest BCUT2D eigenvalue weighted by atomic mass is 9.90. The number of carbonyl (C=O) groups is 1. The average Bonchev–Trinajstić information content (AvgIpc) is 2.45. The SMILES string of the molecule is CCc1cc(C(C)O)cc2c1OCCC2NC(=O)C(C)(C)C. The van der Waals surface area contributed by atoms with E-state index in [0.29, 0.717) is 6.61 Å². The van der Waals surface area contributed by atoms with Gasteiger partial charge in [-0.05, 0) is 36.6 Å². The number of hydrogen-bond donors (Lipinski definition) is 2. The summed E-state index contributed by atoms with van der Waals surface area (Å²) < 4.78 is 5.84. The van der Waals surface area contributed by atoms with Crippen molar-refractivity contribution < 1.29 is 14.6 Å². The van der Waals surface area contributed by atoms with Crippen LogP contribution in [0, 0.1) is 5.41 Å². The van der Waals surface area contributed by atoms with Crippen LogP contribution in [0.4, 0.5) is 0 Å². The Bertz CT molecular complexity index is 558. The van der Waals surface area contributed by atoms with E-state index in [2.05, 4.69) is 12.2 Å². The Morgan fingerprint density at radius 3 is 2.68 bits per heavy atom. The number of aliphatic hydroxyl groups is 1. The normalized spacial score (nSPS) is 19.1. The molecule has 4 nitrogen and oxygen atoms in total. The third-order valence-electron chi connectivity index (χ3n) is 4.10. The molecule has 122 valence electrons. The van der Waals surface area contributed by atoms with Gasteiger partial charge in [0.25, 0.3) is 0 Å². The molecular formula is C18H27NO3. The van der Waals surface area contributed by atoms with E-state index in [1.807, 2.05) is 32.9 Å². The van der Waals surface area contributed by atoms with Gasteiger partial charge in [-0.3, -0.25) is 4.79 Å². The predicted molar refractivity (Wildman–Crippen MR) is 86.9 cm³/mol. The summed E-state index contributed by atoms with van der Waals surface area (Å²) >= 11 is 0. The Morgan fingerprint density at radius 1 is 1.45 bits per heavy atom. The minimum Gasteiger partial charge on any atom is -0.493 e. The molecule has 2 N–H and O–H groups in total. The van der Waals surface area contributed by atoms with Gasteiger partial charge >= 0.3 is 0 Å². The van der Waals surface area contributed by atoms with Crippen molar-refractivity contribution in [2.24, 2.45) is 5.41 Å². The van der Waals surface area contributed by atoms with Crippen LogP contribution in [-0.2, 0) is 11.2 Å². The Hall–Kier alpha value is -1.55. The summed E-state index contributed by atoms with van der Waals surface area (Å²) in [5.41, 5.74) is 2.52. The Kier molecular flexibility index (Phi) is 4.81. The molecule has 0 fully saturated rings. The van der Waals surface area contributed by atoms with Crippen LogP contribution >= 0.6 is 0 Å². The van der Waals surface area contributed by atoms with Crippen LogP contribution in [0.1, 0.15) is 69.9 Å². The number of fused-ring (bicyclic) bond motifs is 1. The van der Waals surface area contributed by atoms with E-state index in [1.54, 1.807) is 6.92 Å². The fraction of sp³-hybridized carbons (Fsp3) is 0.611. The number of hydrogen-bond acceptors (Lipinski definition) is 3. The number of ether oxygens (including phenoxy) is 1. The maximum atomic E-state index is 12.3. The van der Waals surface area contributed by atoms with Gasteiger partial charge in [-0.15, -0.1) is 0 Å². The first kappa shape index (κ1) is 16.8. The van der Waals surface area contributed by atoms with Crippen LogP contribution in [0.3, 0.4) is 0 Å². The minimum absolute atomic E-state index is 0.0332. The number of aryl methyl sites for hydroxylation is 1. The van der Waals surface area contributed by atoms with Crippen LogP contribution in [0.15, 0.2) is 12.1 Å². The molecule has 1 aromatic rings. The second kappa shape index (κ2) is 6.29. The number of amides is 1. The van der Waals surface area contributed by atoms with E-state index < -0.39 is 11.5 Å². The lowest BCUT2D eigenvalue weighted by Gasteiger charge is -2.31. The van der Waals surface area contributed by atoms with Crippen molar-refractivity contribution in [3.8, 4) is 5.75 Å². The minimum atomic E-state index is -0.531. The summed E-state index contributed by atoms with van der Waals surface area (Å²) in [7, 11) is 0. The quantitative estimate of drug-likeness (QED) is 0.901. The van der Waals surface area contributed by atoms with Gasteiger partial charge in [-0.1, -0.05) is 27.7 Å². The largest absolute Gasteiger partial charge is 0.493 e. The molecule has 0 radical (unpaired) electrons. The number of aliphatic hydroxyl groups excluding tert-OH is 1. The summed E-state index contributed by atoms with van der Waals surface area (Å²) in [6.07, 6.45) is 1.06. The van der Waals surface area contributed by atoms with E-state index in [0.717, 1.165) is 35.3 Å². The van der Waals surface area contributed by atoms with E-state index in [9.17, 15) is 9.90 Å². The molecule has 2 rings (SSSR count). The van der Waals surface area contributed by atoms with Crippen LogP contribution in [0.5, 0.6) is 5.75 Å². The second-order valence-electron chi connectivity index (χ2n) is 7.04. The molecule has 0 saturated carbocycles. The van der Waals surface area contributed by atoms with Gasteiger partial charge in [-0.2, -0.15) is 0 Å². The highest BCUT2D eigenvalue weighted by Gasteiger charge is 2.29. The van der Waals surface area contributed by atoms with Crippen LogP contribution in [0.25, 0.3) is 0 Å². The highest BCUT2D eigenvalue weighted by atomic mass is 16.5. The van der Waals surface area contributed by atoms with Crippen molar-refractivity contribution in [3.05, 3.63) is 28.8 Å². The first-order valence-corrected chi connectivity index (χ1v) is 8.02. The smallest absolute Gasteiger partial charge is 0.225 e. The molecule has 22 heavy (non-hydrogen) atoms. The summed E-state index contributed by atoms with van der Waals surface area (Å²) in [6, 6.07) is 3.91. The first-order valence-electron chi connectivity index (χ1n) is 8.02. The fourth-order valence-electron chi connectivity index (χ4n) is 2.64. The number of rotatable bonds is 3. The standard InChI is InChI=1S/C18H27NO3/c1-6-12-9-13(11(2)20)10-14-15(7-8-22-16(12)14)19-17(21)18(3,4)5/h9-11,15,20H,6-8H2,1-5H3,(H,19,21). The Morgan fingerprint density at radius 2 is 2.14 bits per heavy atom. The van der Waals surface area contributed by atoms with Crippen molar-refractivity contribution in [1.82, 2.24) is 5.32 Å². The molecule has 2 atom stereocenters. The molecule has 4 heteroatoms. The number of carbonyl (C=O) groups excluding carboxylic acids is 1. The molecule has 1 aliphatic rings. The van der Waals surface area contributed by atoms with Crippen LogP contribution in [-0.4, -0.2) is 17.6 Å². The molecule has 1 amide bonds. The molecule has 1 aliphatic heterocycles. The van der Waals surface area contributed by atoms with Crippen molar-refractivity contribution in [1.29, 1.82) is 0 Å². The lowest BCUT2D eigenvalue weighted by Crippen LogP contribution is -2.39. The summed E-state index contributed by atoms with van der Waals surface area (Å²) in [5, 5.41) is 13.0. The highest BCUT2D eigenvalue weighted by Crippen LogP contribution is 2.38. The van der Waals surface area contributed by atoms with Gasteiger partial charge in [0.1, 0.15) is 5.75 Å². The summed E-state index contributed by atoms with van der Waals surface area (Å²) in [6.45, 7) is 10.2. The zero-order valence-electron chi connectivity index (χ0n) is 14.2. The topological polar surface area (TPSA) is 58.6 Å². The first-order chi connectivity index (χ1) is 10.2. The second-order valence-corrected chi connectivity index (χ2v) is 7.04. The van der Waals surface area contributed by atoms with Crippen molar-refractivity contribution in [3.63, 3.8) is 0 Å². The van der Waals surface area contributed by atoms with E-state index >= 15 is 0 Å². The zero-order valence-corrected chi connectivity index (χ0v) is 14.2. The lowest BCUT2D eigenvalue weighted by molar-refractivity contribution is -0.129. The van der Waals surface area contributed by atoms with Crippen molar-refractivity contribution in [2.45, 2.75) is 59.6 Å². The molecule has 0 bridgehead atoms. The Labute approximate surface area is 132 Å². The van der Waals surface area contributed by atoms with Crippen LogP contribution in [0.2, 0.25) is 0 Å². The molecule has 2 unspecified atom stereocenters. The van der Waals surface area contributed by atoms with Gasteiger partial charge < -0.3 is 15.2 Å². The third-order valence-corrected chi connectivity index (χ3v) is 4.10. The van der Waals surface area contributed by atoms with Gasteiger partial charge in [0.05, 0.1) is 18.8 Å². The van der Waals surface area contributed by atoms with Crippen molar-refractivity contribution in [2.75, 3.05) is 6.61 Å². The van der Waals surface area contributed by atoms with Crippen molar-refractivity contribution >= 4 is 5.91 Å². The predicted octanol–water partition coefficient (Wildman–Crippen LogP) is 3.29.